The molecule has 2 aliphatic rings. The number of hydrogen-bond acceptors (Lipinski definition) is 3. The van der Waals surface area contributed by atoms with E-state index >= 15 is 0 Å². The van der Waals surface area contributed by atoms with Crippen LogP contribution in [0.4, 0.5) is 8.78 Å². The van der Waals surface area contributed by atoms with Crippen LogP contribution >= 0.6 is 12.4 Å². The molecule has 0 unspecified atom stereocenters. The number of amides is 2. The fourth-order valence-electron chi connectivity index (χ4n) is 3.68. The van der Waals surface area contributed by atoms with Crippen molar-refractivity contribution < 1.29 is 18.4 Å². The zero-order valence-corrected chi connectivity index (χ0v) is 15.4. The number of benzene rings is 1. The fourth-order valence-corrected chi connectivity index (χ4v) is 3.68. The van der Waals surface area contributed by atoms with Crippen LogP contribution in [0.15, 0.2) is 18.2 Å². The molecule has 8 heteroatoms. The van der Waals surface area contributed by atoms with E-state index in [1.807, 2.05) is 0 Å². The molecule has 0 aromatic heterocycles. The van der Waals surface area contributed by atoms with E-state index in [1.165, 1.54) is 11.0 Å². The monoisotopic (exact) mass is 387 g/mol. The molecular formula is C18H24ClF2N3O2. The maximum atomic E-state index is 13.8. The quantitative estimate of drug-likeness (QED) is 0.847. The van der Waals surface area contributed by atoms with Crippen molar-refractivity contribution in [3.8, 4) is 0 Å². The van der Waals surface area contributed by atoms with Crippen LogP contribution in [-0.2, 0) is 4.79 Å². The molecule has 0 atom stereocenters. The van der Waals surface area contributed by atoms with Gasteiger partial charge in [0.1, 0.15) is 17.2 Å². The highest BCUT2D eigenvalue weighted by molar-refractivity contribution is 5.95. The fraction of sp³-hybridized carbons (Fsp3) is 0.556. The normalized spacial score (nSPS) is 19.7. The van der Waals surface area contributed by atoms with Gasteiger partial charge in [-0.1, -0.05) is 25.3 Å². The molecule has 0 spiro atoms. The maximum absolute atomic E-state index is 13.8. The Morgan fingerprint density at radius 3 is 1.96 bits per heavy atom. The Morgan fingerprint density at radius 1 is 0.923 bits per heavy atom. The second kappa shape index (κ2) is 8.31. The van der Waals surface area contributed by atoms with Gasteiger partial charge in [-0.2, -0.15) is 0 Å². The maximum Gasteiger partial charge on any atom is 0.259 e. The van der Waals surface area contributed by atoms with Crippen molar-refractivity contribution >= 4 is 24.2 Å². The first-order valence-corrected chi connectivity index (χ1v) is 8.74. The summed E-state index contributed by atoms with van der Waals surface area (Å²) in [6, 6.07) is 3.36. The summed E-state index contributed by atoms with van der Waals surface area (Å²) in [5.41, 5.74) is 4.95. The molecule has 144 valence electrons. The summed E-state index contributed by atoms with van der Waals surface area (Å²) in [5.74, 6) is -2.49. The molecule has 1 aromatic carbocycles. The van der Waals surface area contributed by atoms with Crippen LogP contribution in [0.5, 0.6) is 0 Å². The molecule has 1 heterocycles. The van der Waals surface area contributed by atoms with Gasteiger partial charge in [-0.05, 0) is 25.0 Å². The summed E-state index contributed by atoms with van der Waals surface area (Å²) in [7, 11) is 0. The average molecular weight is 388 g/mol. The second-order valence-corrected chi connectivity index (χ2v) is 6.90. The van der Waals surface area contributed by atoms with Gasteiger partial charge in [0.2, 0.25) is 5.91 Å². The van der Waals surface area contributed by atoms with Crippen molar-refractivity contribution in [2.75, 3.05) is 26.2 Å². The first-order valence-electron chi connectivity index (χ1n) is 8.74. The Labute approximate surface area is 157 Å². The van der Waals surface area contributed by atoms with Crippen LogP contribution in [0.1, 0.15) is 42.5 Å². The predicted octanol–water partition coefficient (Wildman–Crippen LogP) is 2.33. The van der Waals surface area contributed by atoms with E-state index < -0.39 is 28.6 Å². The third kappa shape index (κ3) is 3.99. The van der Waals surface area contributed by atoms with E-state index in [9.17, 15) is 18.4 Å². The molecule has 1 saturated carbocycles. The lowest BCUT2D eigenvalue weighted by atomic mass is 9.81. The minimum Gasteiger partial charge on any atom is -0.338 e. The third-order valence-electron chi connectivity index (χ3n) is 5.20. The van der Waals surface area contributed by atoms with Gasteiger partial charge in [0.25, 0.3) is 5.91 Å². The highest BCUT2D eigenvalue weighted by Gasteiger charge is 2.39. The molecule has 1 aromatic rings. The molecule has 26 heavy (non-hydrogen) atoms. The number of nitrogens with zero attached hydrogens (tertiary/aromatic N) is 2. The molecular weight excluding hydrogens is 364 g/mol. The lowest BCUT2D eigenvalue weighted by Crippen LogP contribution is -2.60. The molecule has 1 aliphatic heterocycles. The van der Waals surface area contributed by atoms with Gasteiger partial charge >= 0.3 is 0 Å². The zero-order valence-electron chi connectivity index (χ0n) is 14.5. The van der Waals surface area contributed by atoms with Crippen LogP contribution < -0.4 is 5.73 Å². The summed E-state index contributed by atoms with van der Waals surface area (Å²) < 4.78 is 27.6. The second-order valence-electron chi connectivity index (χ2n) is 6.90. The Morgan fingerprint density at radius 2 is 1.42 bits per heavy atom. The molecule has 1 aliphatic carbocycles. The average Bonchev–Trinajstić information content (AvgIpc) is 2.61. The summed E-state index contributed by atoms with van der Waals surface area (Å²) in [6.45, 7) is 1.15. The van der Waals surface area contributed by atoms with Gasteiger partial charge < -0.3 is 15.5 Å². The number of hydrogen-bond donors (Lipinski definition) is 1. The van der Waals surface area contributed by atoms with Gasteiger partial charge in [0, 0.05) is 26.2 Å². The predicted molar refractivity (Wildman–Crippen MR) is 96.1 cm³/mol. The topological polar surface area (TPSA) is 66.6 Å². The molecule has 2 N–H and O–H groups in total. The van der Waals surface area contributed by atoms with E-state index in [2.05, 4.69) is 0 Å². The highest BCUT2D eigenvalue weighted by atomic mass is 35.5. The molecule has 1 saturated heterocycles. The Bertz CT molecular complexity index is 652. The lowest BCUT2D eigenvalue weighted by Gasteiger charge is -2.41. The third-order valence-corrected chi connectivity index (χ3v) is 5.20. The van der Waals surface area contributed by atoms with Crippen LogP contribution in [0.2, 0.25) is 0 Å². The number of piperazine rings is 1. The zero-order chi connectivity index (χ0) is 18.0. The number of carbonyl (C=O) groups excluding carboxylic acids is 2. The molecule has 2 fully saturated rings. The molecule has 0 bridgehead atoms. The van der Waals surface area contributed by atoms with Gasteiger partial charge in [0.05, 0.1) is 5.54 Å². The number of nitrogens with two attached hydrogens (primary N) is 1. The summed E-state index contributed by atoms with van der Waals surface area (Å²) in [6.07, 6.45) is 4.38. The Balaban J connectivity index is 0.00000243. The van der Waals surface area contributed by atoms with E-state index in [0.717, 1.165) is 31.4 Å². The standard InChI is InChI=1S/C18H23F2N3O2.ClH/c19-13-5-4-6-14(20)15(13)16(24)22-9-11-23(12-10-22)17(25)18(21)7-2-1-3-8-18;/h4-6H,1-3,7-12,21H2;1H. The first-order chi connectivity index (χ1) is 11.9. The molecule has 5 nitrogen and oxygen atoms in total. The van der Waals surface area contributed by atoms with Crippen molar-refractivity contribution in [1.29, 1.82) is 0 Å². The number of halogens is 3. The Kier molecular flexibility index (Phi) is 6.58. The summed E-state index contributed by atoms with van der Waals surface area (Å²) in [5, 5.41) is 0. The first kappa shape index (κ1) is 20.6. The molecule has 0 radical (unpaired) electrons. The smallest absolute Gasteiger partial charge is 0.259 e. The molecule has 2 amide bonds. The van der Waals surface area contributed by atoms with Gasteiger partial charge in [-0.15, -0.1) is 12.4 Å². The van der Waals surface area contributed by atoms with Crippen molar-refractivity contribution in [1.82, 2.24) is 9.80 Å². The number of carbonyl (C=O) groups is 2. The SMILES string of the molecule is Cl.NC1(C(=O)N2CCN(C(=O)c3c(F)cccc3F)CC2)CCCCC1. The van der Waals surface area contributed by atoms with Gasteiger partial charge in [0.15, 0.2) is 0 Å². The Hall–Kier alpha value is -1.73. The summed E-state index contributed by atoms with van der Waals surface area (Å²) in [4.78, 5) is 28.2. The van der Waals surface area contributed by atoms with Crippen molar-refractivity contribution in [3.63, 3.8) is 0 Å². The van der Waals surface area contributed by atoms with E-state index in [-0.39, 0.29) is 31.4 Å². The highest BCUT2D eigenvalue weighted by Crippen LogP contribution is 2.28. The van der Waals surface area contributed by atoms with Crippen molar-refractivity contribution in [2.45, 2.75) is 37.6 Å². The minimum absolute atomic E-state index is 0. The van der Waals surface area contributed by atoms with E-state index in [1.54, 1.807) is 4.90 Å². The number of rotatable bonds is 2. The van der Waals surface area contributed by atoms with Crippen LogP contribution in [0.25, 0.3) is 0 Å². The van der Waals surface area contributed by atoms with Gasteiger partial charge in [-0.3, -0.25) is 9.59 Å². The molecule has 3 rings (SSSR count). The van der Waals surface area contributed by atoms with Crippen LogP contribution in [0, 0.1) is 11.6 Å². The van der Waals surface area contributed by atoms with Crippen LogP contribution in [0.3, 0.4) is 0 Å². The lowest BCUT2D eigenvalue weighted by molar-refractivity contribution is -0.139. The van der Waals surface area contributed by atoms with Gasteiger partial charge in [-0.25, -0.2) is 8.78 Å². The van der Waals surface area contributed by atoms with Crippen LogP contribution in [-0.4, -0.2) is 53.3 Å². The summed E-state index contributed by atoms with van der Waals surface area (Å²) >= 11 is 0. The van der Waals surface area contributed by atoms with E-state index in [0.29, 0.717) is 25.9 Å². The van der Waals surface area contributed by atoms with Crippen molar-refractivity contribution in [2.24, 2.45) is 5.73 Å². The minimum atomic E-state index is -0.869. The van der Waals surface area contributed by atoms with E-state index in [4.69, 9.17) is 5.73 Å². The van der Waals surface area contributed by atoms with Crippen molar-refractivity contribution in [3.05, 3.63) is 35.4 Å². The largest absolute Gasteiger partial charge is 0.338 e.